The second-order valence-corrected chi connectivity index (χ2v) is 7.63. The minimum absolute atomic E-state index is 0.294. The van der Waals surface area contributed by atoms with Crippen LogP contribution in [-0.4, -0.2) is 18.5 Å². The second kappa shape index (κ2) is 8.36. The SMILES string of the molecule is CCCOC(=O)c1c(NC(=O)/C=C\c2ccco2)sc2c1CC[C@H](C)C2. The van der Waals surface area contributed by atoms with Crippen molar-refractivity contribution in [2.75, 3.05) is 11.9 Å². The summed E-state index contributed by atoms with van der Waals surface area (Å²) in [6.07, 6.45) is 8.15. The number of ether oxygens (including phenoxy) is 1. The van der Waals surface area contributed by atoms with Crippen molar-refractivity contribution in [1.82, 2.24) is 0 Å². The first kappa shape index (κ1) is 18.5. The van der Waals surface area contributed by atoms with Gasteiger partial charge < -0.3 is 14.5 Å². The summed E-state index contributed by atoms with van der Waals surface area (Å²) in [6.45, 7) is 4.55. The minimum Gasteiger partial charge on any atom is -0.465 e. The number of fused-ring (bicyclic) bond motifs is 1. The number of rotatable bonds is 6. The third-order valence-corrected chi connectivity index (χ3v) is 5.50. The summed E-state index contributed by atoms with van der Waals surface area (Å²) in [4.78, 5) is 26.0. The fourth-order valence-corrected chi connectivity index (χ4v) is 4.42. The number of esters is 1. The molecule has 2 aromatic heterocycles. The summed E-state index contributed by atoms with van der Waals surface area (Å²) in [5.41, 5.74) is 1.57. The highest BCUT2D eigenvalue weighted by atomic mass is 32.1. The van der Waals surface area contributed by atoms with Crippen LogP contribution in [0.5, 0.6) is 0 Å². The molecule has 1 aliphatic carbocycles. The lowest BCUT2D eigenvalue weighted by Crippen LogP contribution is -2.16. The van der Waals surface area contributed by atoms with Crippen LogP contribution in [0, 0.1) is 5.92 Å². The molecule has 0 saturated carbocycles. The van der Waals surface area contributed by atoms with E-state index in [1.807, 2.05) is 6.92 Å². The van der Waals surface area contributed by atoms with Gasteiger partial charge in [-0.3, -0.25) is 4.79 Å². The Morgan fingerprint density at radius 2 is 2.31 bits per heavy atom. The molecule has 1 amide bonds. The second-order valence-electron chi connectivity index (χ2n) is 6.53. The number of nitrogens with one attached hydrogen (secondary N) is 1. The zero-order chi connectivity index (χ0) is 18.5. The number of thiophene rings is 1. The highest BCUT2D eigenvalue weighted by molar-refractivity contribution is 7.17. The molecule has 0 radical (unpaired) electrons. The van der Waals surface area contributed by atoms with E-state index >= 15 is 0 Å². The van der Waals surface area contributed by atoms with E-state index in [1.165, 1.54) is 22.3 Å². The first-order valence-electron chi connectivity index (χ1n) is 8.92. The lowest BCUT2D eigenvalue weighted by atomic mass is 9.88. The van der Waals surface area contributed by atoms with Gasteiger partial charge in [-0.1, -0.05) is 13.8 Å². The number of carbonyl (C=O) groups excluding carboxylic acids is 2. The minimum atomic E-state index is -0.343. The lowest BCUT2D eigenvalue weighted by molar-refractivity contribution is -0.111. The normalized spacial score (nSPS) is 16.5. The lowest BCUT2D eigenvalue weighted by Gasteiger charge is -2.18. The molecule has 26 heavy (non-hydrogen) atoms. The van der Waals surface area contributed by atoms with Gasteiger partial charge in [0.25, 0.3) is 0 Å². The molecule has 0 bridgehead atoms. The van der Waals surface area contributed by atoms with E-state index in [2.05, 4.69) is 12.2 Å². The van der Waals surface area contributed by atoms with E-state index in [9.17, 15) is 9.59 Å². The molecular formula is C20H23NO4S. The Labute approximate surface area is 157 Å². The van der Waals surface area contributed by atoms with Crippen molar-refractivity contribution < 1.29 is 18.7 Å². The van der Waals surface area contributed by atoms with Crippen LogP contribution < -0.4 is 5.32 Å². The first-order chi connectivity index (χ1) is 12.6. The third-order valence-electron chi connectivity index (χ3n) is 4.33. The van der Waals surface area contributed by atoms with Crippen LogP contribution >= 0.6 is 11.3 Å². The number of carbonyl (C=O) groups is 2. The summed E-state index contributed by atoms with van der Waals surface area (Å²) in [5.74, 6) is 0.548. The smallest absolute Gasteiger partial charge is 0.341 e. The molecule has 1 aliphatic rings. The van der Waals surface area contributed by atoms with Crippen LogP contribution in [0.3, 0.4) is 0 Å². The largest absolute Gasteiger partial charge is 0.465 e. The van der Waals surface area contributed by atoms with Crippen molar-refractivity contribution >= 4 is 34.3 Å². The van der Waals surface area contributed by atoms with Gasteiger partial charge in [-0.25, -0.2) is 4.79 Å². The molecule has 0 fully saturated rings. The fourth-order valence-electron chi connectivity index (χ4n) is 3.02. The van der Waals surface area contributed by atoms with E-state index in [-0.39, 0.29) is 11.9 Å². The molecule has 1 atom stereocenters. The van der Waals surface area contributed by atoms with E-state index in [1.54, 1.807) is 24.5 Å². The Kier molecular flexibility index (Phi) is 5.93. The highest BCUT2D eigenvalue weighted by Crippen LogP contribution is 2.40. The van der Waals surface area contributed by atoms with Gasteiger partial charge in [0.05, 0.1) is 18.4 Å². The Bertz CT molecular complexity index is 804. The quantitative estimate of drug-likeness (QED) is 0.589. The molecule has 2 aromatic rings. The van der Waals surface area contributed by atoms with E-state index in [4.69, 9.17) is 9.15 Å². The van der Waals surface area contributed by atoms with Gasteiger partial charge in [0, 0.05) is 11.0 Å². The summed E-state index contributed by atoms with van der Waals surface area (Å²) in [5, 5.41) is 3.44. The molecule has 1 N–H and O–H groups in total. The van der Waals surface area contributed by atoms with Crippen molar-refractivity contribution in [2.24, 2.45) is 5.92 Å². The Hall–Kier alpha value is -2.34. The maximum absolute atomic E-state index is 12.6. The number of hydrogen-bond donors (Lipinski definition) is 1. The molecule has 0 saturated heterocycles. The maximum Gasteiger partial charge on any atom is 0.341 e. The predicted octanol–water partition coefficient (Wildman–Crippen LogP) is 4.68. The number of hydrogen-bond acceptors (Lipinski definition) is 5. The Morgan fingerprint density at radius 1 is 1.46 bits per heavy atom. The topological polar surface area (TPSA) is 68.5 Å². The van der Waals surface area contributed by atoms with E-state index in [0.29, 0.717) is 28.8 Å². The molecule has 138 valence electrons. The zero-order valence-electron chi connectivity index (χ0n) is 15.0. The van der Waals surface area contributed by atoms with Crippen molar-refractivity contribution in [3.8, 4) is 0 Å². The summed E-state index contributed by atoms with van der Waals surface area (Å²) < 4.78 is 10.5. The summed E-state index contributed by atoms with van der Waals surface area (Å²) >= 11 is 1.49. The maximum atomic E-state index is 12.6. The Morgan fingerprint density at radius 3 is 3.04 bits per heavy atom. The zero-order valence-corrected chi connectivity index (χ0v) is 15.9. The summed E-state index contributed by atoms with van der Waals surface area (Å²) in [6, 6.07) is 3.52. The Balaban J connectivity index is 1.83. The van der Waals surface area contributed by atoms with Gasteiger partial charge >= 0.3 is 5.97 Å². The van der Waals surface area contributed by atoms with Gasteiger partial charge in [-0.15, -0.1) is 11.3 Å². The molecule has 2 heterocycles. The fraction of sp³-hybridized carbons (Fsp3) is 0.400. The number of amides is 1. The van der Waals surface area contributed by atoms with Crippen LogP contribution in [0.25, 0.3) is 6.08 Å². The number of furan rings is 1. The van der Waals surface area contributed by atoms with Gasteiger partial charge in [-0.05, 0) is 55.4 Å². The molecule has 5 nitrogen and oxygen atoms in total. The van der Waals surface area contributed by atoms with Crippen molar-refractivity contribution in [3.05, 3.63) is 46.2 Å². The molecule has 6 heteroatoms. The monoisotopic (exact) mass is 373 g/mol. The third kappa shape index (κ3) is 4.25. The molecule has 0 aromatic carbocycles. The molecular weight excluding hydrogens is 350 g/mol. The molecule has 0 aliphatic heterocycles. The summed E-state index contributed by atoms with van der Waals surface area (Å²) in [7, 11) is 0. The van der Waals surface area contributed by atoms with Crippen LogP contribution in [0.2, 0.25) is 0 Å². The standard InChI is InChI=1S/C20H23NO4S/c1-3-10-25-20(23)18-15-8-6-13(2)12-16(15)26-19(18)21-17(22)9-7-14-5-4-11-24-14/h4-5,7,9,11,13H,3,6,8,10,12H2,1-2H3,(H,21,22)/b9-7-/t13-/m0/s1. The van der Waals surface area contributed by atoms with Crippen LogP contribution in [0.4, 0.5) is 5.00 Å². The van der Waals surface area contributed by atoms with E-state index < -0.39 is 0 Å². The van der Waals surface area contributed by atoms with Crippen molar-refractivity contribution in [3.63, 3.8) is 0 Å². The average molecular weight is 373 g/mol. The van der Waals surface area contributed by atoms with Crippen LogP contribution in [0.15, 0.2) is 28.9 Å². The van der Waals surface area contributed by atoms with Gasteiger partial charge in [0.15, 0.2) is 0 Å². The molecule has 0 spiro atoms. The number of anilines is 1. The van der Waals surface area contributed by atoms with Crippen LogP contribution in [-0.2, 0) is 22.4 Å². The van der Waals surface area contributed by atoms with Gasteiger partial charge in [-0.2, -0.15) is 0 Å². The van der Waals surface area contributed by atoms with Crippen LogP contribution in [0.1, 0.15) is 53.2 Å². The van der Waals surface area contributed by atoms with Gasteiger partial charge in [0.2, 0.25) is 5.91 Å². The van der Waals surface area contributed by atoms with E-state index in [0.717, 1.165) is 31.2 Å². The average Bonchev–Trinajstić information content (AvgIpc) is 3.24. The highest BCUT2D eigenvalue weighted by Gasteiger charge is 2.28. The van der Waals surface area contributed by atoms with Crippen molar-refractivity contribution in [2.45, 2.75) is 39.5 Å². The van der Waals surface area contributed by atoms with Gasteiger partial charge in [0.1, 0.15) is 10.8 Å². The van der Waals surface area contributed by atoms with Crippen molar-refractivity contribution in [1.29, 1.82) is 0 Å². The predicted molar refractivity (Wildman–Crippen MR) is 102 cm³/mol. The molecule has 3 rings (SSSR count). The first-order valence-corrected chi connectivity index (χ1v) is 9.74. The molecule has 0 unspecified atom stereocenters.